The van der Waals surface area contributed by atoms with E-state index in [1.54, 1.807) is 7.05 Å². The van der Waals surface area contributed by atoms with Crippen molar-refractivity contribution in [3.8, 4) is 0 Å². The Bertz CT molecular complexity index is 443. The van der Waals surface area contributed by atoms with E-state index < -0.39 is 0 Å². The molecule has 1 fully saturated rings. The number of likely N-dealkylation sites (N-methyl/N-ethyl adjacent to an activating group) is 2. The molecule has 2 N–H and O–H groups in total. The van der Waals surface area contributed by atoms with Crippen molar-refractivity contribution >= 4 is 11.7 Å². The van der Waals surface area contributed by atoms with Gasteiger partial charge in [-0.15, -0.1) is 0 Å². The number of anilines is 1. The van der Waals surface area contributed by atoms with E-state index in [1.165, 1.54) is 0 Å². The Hall–Kier alpha value is -1.66. The maximum Gasteiger partial charge on any atom is 0.234 e. The molecule has 0 aliphatic carbocycles. The predicted octanol–water partition coefficient (Wildman–Crippen LogP) is -0.331. The summed E-state index contributed by atoms with van der Waals surface area (Å²) in [5, 5.41) is 5.71. The Balaban J connectivity index is 1.92. The molecule has 0 aromatic carbocycles. The number of aromatic nitrogens is 1. The highest BCUT2D eigenvalue weighted by Gasteiger charge is 2.15. The molecule has 1 aliphatic heterocycles. The number of amides is 1. The van der Waals surface area contributed by atoms with Gasteiger partial charge in [0, 0.05) is 38.9 Å². The van der Waals surface area contributed by atoms with Crippen LogP contribution in [0.1, 0.15) is 5.56 Å². The van der Waals surface area contributed by atoms with E-state index in [2.05, 4.69) is 38.5 Å². The maximum atomic E-state index is 11.4. The monoisotopic (exact) mass is 277 g/mol. The molecule has 1 saturated heterocycles. The third kappa shape index (κ3) is 4.18. The van der Waals surface area contributed by atoms with Crippen molar-refractivity contribution < 1.29 is 4.79 Å². The summed E-state index contributed by atoms with van der Waals surface area (Å²) in [6, 6.07) is 4.00. The zero-order valence-corrected chi connectivity index (χ0v) is 12.2. The molecule has 2 heterocycles. The number of carbonyl (C=O) groups excluding carboxylic acids is 1. The molecule has 1 amide bonds. The Labute approximate surface area is 120 Å². The second kappa shape index (κ2) is 7.21. The van der Waals surface area contributed by atoms with Crippen LogP contribution in [0.4, 0.5) is 5.82 Å². The topological polar surface area (TPSA) is 60.5 Å². The highest BCUT2D eigenvalue weighted by atomic mass is 16.1. The molecule has 2 rings (SSSR count). The molecule has 0 atom stereocenters. The molecular formula is C14H23N5O. The number of pyridine rings is 1. The van der Waals surface area contributed by atoms with Crippen LogP contribution in [-0.2, 0) is 11.3 Å². The van der Waals surface area contributed by atoms with Gasteiger partial charge in [-0.25, -0.2) is 4.98 Å². The zero-order valence-electron chi connectivity index (χ0n) is 12.2. The van der Waals surface area contributed by atoms with Crippen molar-refractivity contribution in [1.82, 2.24) is 20.5 Å². The van der Waals surface area contributed by atoms with Crippen LogP contribution in [0, 0.1) is 0 Å². The van der Waals surface area contributed by atoms with Crippen molar-refractivity contribution in [1.29, 1.82) is 0 Å². The normalized spacial score (nSPS) is 16.2. The minimum absolute atomic E-state index is 0.00506. The summed E-state index contributed by atoms with van der Waals surface area (Å²) in [5.41, 5.74) is 1.08. The summed E-state index contributed by atoms with van der Waals surface area (Å²) in [7, 11) is 3.90. The van der Waals surface area contributed by atoms with Gasteiger partial charge in [-0.2, -0.15) is 0 Å². The van der Waals surface area contributed by atoms with E-state index in [0.29, 0.717) is 13.1 Å². The van der Waals surface area contributed by atoms with Crippen LogP contribution >= 0.6 is 0 Å². The SMILES string of the molecule is CNCC(=O)NCc1ccnc(N2CCN(C)CC2)c1. The van der Waals surface area contributed by atoms with E-state index >= 15 is 0 Å². The van der Waals surface area contributed by atoms with Crippen LogP contribution in [-0.4, -0.2) is 62.6 Å². The minimum Gasteiger partial charge on any atom is -0.354 e. The quantitative estimate of drug-likeness (QED) is 0.772. The standard InChI is InChI=1S/C14H23N5O/c1-15-11-14(20)17-10-12-3-4-16-13(9-12)19-7-5-18(2)6-8-19/h3-4,9,15H,5-8,10-11H2,1-2H3,(H,17,20). The molecule has 6 nitrogen and oxygen atoms in total. The van der Waals surface area contributed by atoms with E-state index in [9.17, 15) is 4.79 Å². The van der Waals surface area contributed by atoms with Gasteiger partial charge in [-0.05, 0) is 31.8 Å². The molecule has 1 aromatic rings. The summed E-state index contributed by atoms with van der Waals surface area (Å²) >= 11 is 0. The van der Waals surface area contributed by atoms with Crippen LogP contribution in [0.25, 0.3) is 0 Å². The smallest absolute Gasteiger partial charge is 0.234 e. The second-order valence-corrected chi connectivity index (χ2v) is 5.12. The molecule has 110 valence electrons. The fraction of sp³-hybridized carbons (Fsp3) is 0.571. The number of piperazine rings is 1. The first kappa shape index (κ1) is 14.7. The number of nitrogens with zero attached hydrogens (tertiary/aromatic N) is 3. The van der Waals surface area contributed by atoms with E-state index in [0.717, 1.165) is 37.6 Å². The van der Waals surface area contributed by atoms with Gasteiger partial charge in [0.25, 0.3) is 0 Å². The highest BCUT2D eigenvalue weighted by Crippen LogP contribution is 2.14. The number of rotatable bonds is 5. The van der Waals surface area contributed by atoms with Crippen molar-refractivity contribution in [3.05, 3.63) is 23.9 Å². The number of hydrogen-bond acceptors (Lipinski definition) is 5. The van der Waals surface area contributed by atoms with Gasteiger partial charge in [0.15, 0.2) is 0 Å². The van der Waals surface area contributed by atoms with Gasteiger partial charge in [-0.1, -0.05) is 0 Å². The molecule has 6 heteroatoms. The van der Waals surface area contributed by atoms with Crippen molar-refractivity contribution in [2.45, 2.75) is 6.54 Å². The Morgan fingerprint density at radius 2 is 2.10 bits per heavy atom. The van der Waals surface area contributed by atoms with Gasteiger partial charge >= 0.3 is 0 Å². The first-order valence-corrected chi connectivity index (χ1v) is 6.99. The minimum atomic E-state index is 0.00506. The summed E-state index contributed by atoms with van der Waals surface area (Å²) < 4.78 is 0. The molecule has 0 radical (unpaired) electrons. The van der Waals surface area contributed by atoms with Crippen molar-refractivity contribution in [2.24, 2.45) is 0 Å². The maximum absolute atomic E-state index is 11.4. The summed E-state index contributed by atoms with van der Waals surface area (Å²) in [6.45, 7) is 5.01. The number of hydrogen-bond donors (Lipinski definition) is 2. The van der Waals surface area contributed by atoms with Gasteiger partial charge in [0.2, 0.25) is 5.91 Å². The van der Waals surface area contributed by atoms with Crippen molar-refractivity contribution in [2.75, 3.05) is 51.7 Å². The lowest BCUT2D eigenvalue weighted by Crippen LogP contribution is -2.44. The van der Waals surface area contributed by atoms with Crippen LogP contribution in [0.3, 0.4) is 0 Å². The van der Waals surface area contributed by atoms with Gasteiger partial charge in [0.05, 0.1) is 6.54 Å². The summed E-state index contributed by atoms with van der Waals surface area (Å²) in [4.78, 5) is 20.5. The molecular weight excluding hydrogens is 254 g/mol. The van der Waals surface area contributed by atoms with Gasteiger partial charge in [-0.3, -0.25) is 4.79 Å². The molecule has 1 aliphatic rings. The Morgan fingerprint density at radius 1 is 1.35 bits per heavy atom. The van der Waals surface area contributed by atoms with Gasteiger partial charge in [0.1, 0.15) is 5.82 Å². The average molecular weight is 277 g/mol. The number of nitrogens with one attached hydrogen (secondary N) is 2. The Kier molecular flexibility index (Phi) is 5.31. The molecule has 1 aromatic heterocycles. The lowest BCUT2D eigenvalue weighted by atomic mass is 10.2. The second-order valence-electron chi connectivity index (χ2n) is 5.12. The van der Waals surface area contributed by atoms with Gasteiger partial charge < -0.3 is 20.4 Å². The third-order valence-electron chi connectivity index (χ3n) is 3.46. The summed E-state index contributed by atoms with van der Waals surface area (Å²) in [5.74, 6) is 1.00. The zero-order chi connectivity index (χ0) is 14.4. The van der Waals surface area contributed by atoms with Crippen molar-refractivity contribution in [3.63, 3.8) is 0 Å². The third-order valence-corrected chi connectivity index (χ3v) is 3.46. The van der Waals surface area contributed by atoms with Crippen LogP contribution in [0.2, 0.25) is 0 Å². The predicted molar refractivity (Wildman–Crippen MR) is 79.7 cm³/mol. The van der Waals surface area contributed by atoms with Crippen LogP contribution < -0.4 is 15.5 Å². The lowest BCUT2D eigenvalue weighted by Gasteiger charge is -2.33. The fourth-order valence-corrected chi connectivity index (χ4v) is 2.20. The largest absolute Gasteiger partial charge is 0.354 e. The van der Waals surface area contributed by atoms with Crippen LogP contribution in [0.5, 0.6) is 0 Å². The first-order chi connectivity index (χ1) is 9.69. The summed E-state index contributed by atoms with van der Waals surface area (Å²) in [6.07, 6.45) is 1.81. The number of carbonyl (C=O) groups is 1. The molecule has 0 saturated carbocycles. The highest BCUT2D eigenvalue weighted by molar-refractivity contribution is 5.77. The molecule has 0 unspecified atom stereocenters. The molecule has 0 spiro atoms. The lowest BCUT2D eigenvalue weighted by molar-refractivity contribution is -0.120. The Morgan fingerprint density at radius 3 is 2.80 bits per heavy atom. The molecule has 0 bridgehead atoms. The van der Waals surface area contributed by atoms with E-state index in [4.69, 9.17) is 0 Å². The molecule has 20 heavy (non-hydrogen) atoms. The van der Waals surface area contributed by atoms with E-state index in [-0.39, 0.29) is 5.91 Å². The van der Waals surface area contributed by atoms with E-state index in [1.807, 2.05) is 12.3 Å². The first-order valence-electron chi connectivity index (χ1n) is 6.99. The van der Waals surface area contributed by atoms with Crippen LogP contribution in [0.15, 0.2) is 18.3 Å². The fourth-order valence-electron chi connectivity index (χ4n) is 2.20. The average Bonchev–Trinajstić information content (AvgIpc) is 2.47.